The van der Waals surface area contributed by atoms with Crippen LogP contribution in [-0.4, -0.2) is 13.0 Å². The second-order valence-corrected chi connectivity index (χ2v) is 4.90. The van der Waals surface area contributed by atoms with Crippen molar-refractivity contribution in [2.24, 2.45) is 0 Å². The van der Waals surface area contributed by atoms with Crippen LogP contribution >= 0.6 is 0 Å². The van der Waals surface area contributed by atoms with Crippen molar-refractivity contribution in [3.63, 3.8) is 0 Å². The van der Waals surface area contributed by atoms with Gasteiger partial charge in [0.2, 0.25) is 0 Å². The summed E-state index contributed by atoms with van der Waals surface area (Å²) in [5, 5.41) is 2.71. The lowest BCUT2D eigenvalue weighted by Crippen LogP contribution is -2.24. The minimum Gasteiger partial charge on any atom is -0.494 e. The summed E-state index contributed by atoms with van der Waals surface area (Å²) < 4.78 is 18.4. The number of carbonyl (C=O) groups is 1. The predicted molar refractivity (Wildman–Crippen MR) is 84.1 cm³/mol. The van der Waals surface area contributed by atoms with E-state index in [0.717, 1.165) is 17.2 Å². The van der Waals surface area contributed by atoms with Gasteiger partial charge in [-0.15, -0.1) is 0 Å². The van der Waals surface area contributed by atoms with E-state index in [1.807, 2.05) is 13.0 Å². The van der Waals surface area contributed by atoms with Crippen LogP contribution in [0.1, 0.15) is 21.5 Å². The maximum atomic E-state index is 13.6. The molecule has 0 atom stereocenters. The average Bonchev–Trinajstić information content (AvgIpc) is 2.50. The number of ether oxygens (including phenoxy) is 1. The van der Waals surface area contributed by atoms with Crippen LogP contribution < -0.4 is 21.5 Å². The maximum Gasteiger partial charge on any atom is 0.251 e. The molecule has 2 aromatic rings. The third-order valence-corrected chi connectivity index (χ3v) is 3.46. The highest BCUT2D eigenvalue weighted by atomic mass is 19.1. The Bertz CT molecular complexity index is 717. The summed E-state index contributed by atoms with van der Waals surface area (Å²) in [6.07, 6.45) is 0. The molecule has 0 bridgehead atoms. The van der Waals surface area contributed by atoms with Crippen LogP contribution in [0.25, 0.3) is 0 Å². The molecule has 1 amide bonds. The molecule has 0 unspecified atom stereocenters. The van der Waals surface area contributed by atoms with E-state index in [1.165, 1.54) is 19.2 Å². The largest absolute Gasteiger partial charge is 0.494 e. The number of nitrogens with one attached hydrogen (secondary N) is 1. The second kappa shape index (κ2) is 6.34. The lowest BCUT2D eigenvalue weighted by molar-refractivity contribution is 0.0950. The van der Waals surface area contributed by atoms with Gasteiger partial charge in [-0.25, -0.2) is 4.39 Å². The Hall–Kier alpha value is -2.76. The fourth-order valence-corrected chi connectivity index (χ4v) is 2.10. The van der Waals surface area contributed by atoms with Gasteiger partial charge in [0, 0.05) is 12.1 Å². The predicted octanol–water partition coefficient (Wildman–Crippen LogP) is 2.24. The first kappa shape index (κ1) is 15.6. The second-order valence-electron chi connectivity index (χ2n) is 4.90. The lowest BCUT2D eigenvalue weighted by Gasteiger charge is -2.13. The summed E-state index contributed by atoms with van der Waals surface area (Å²) in [6.45, 7) is 2.10. The van der Waals surface area contributed by atoms with Crippen molar-refractivity contribution in [3.8, 4) is 5.75 Å². The first-order valence-electron chi connectivity index (χ1n) is 6.69. The topological polar surface area (TPSA) is 90.4 Å². The van der Waals surface area contributed by atoms with E-state index in [2.05, 4.69) is 5.32 Å². The zero-order valence-electron chi connectivity index (χ0n) is 12.4. The van der Waals surface area contributed by atoms with E-state index >= 15 is 0 Å². The number of nitrogen functional groups attached to an aromatic ring is 2. The Labute approximate surface area is 128 Å². The van der Waals surface area contributed by atoms with Crippen molar-refractivity contribution in [1.29, 1.82) is 0 Å². The van der Waals surface area contributed by atoms with Crippen LogP contribution in [0, 0.1) is 12.7 Å². The average molecular weight is 303 g/mol. The molecule has 0 saturated carbocycles. The Balaban J connectivity index is 2.14. The van der Waals surface area contributed by atoms with Gasteiger partial charge in [-0.2, -0.15) is 0 Å². The molecule has 116 valence electrons. The molecule has 2 rings (SSSR count). The molecule has 5 N–H and O–H groups in total. The lowest BCUT2D eigenvalue weighted by atomic mass is 10.0. The number of rotatable bonds is 4. The molecular weight excluding hydrogens is 285 g/mol. The van der Waals surface area contributed by atoms with Crippen LogP contribution in [0.15, 0.2) is 30.3 Å². The van der Waals surface area contributed by atoms with E-state index in [9.17, 15) is 9.18 Å². The van der Waals surface area contributed by atoms with Gasteiger partial charge in [-0.3, -0.25) is 4.79 Å². The summed E-state index contributed by atoms with van der Waals surface area (Å²) in [6, 6.07) is 7.58. The van der Waals surface area contributed by atoms with E-state index in [-0.39, 0.29) is 17.9 Å². The van der Waals surface area contributed by atoms with Crippen molar-refractivity contribution >= 4 is 17.3 Å². The standard InChI is InChI=1S/C16H18FN3O2/c1-9-3-5-13(18)15(19)11(9)8-20-16(21)10-4-6-14(22-2)12(17)7-10/h3-7H,8,18-19H2,1-2H3,(H,20,21). The highest BCUT2D eigenvalue weighted by molar-refractivity contribution is 5.94. The number of nitrogens with two attached hydrogens (primary N) is 2. The van der Waals surface area contributed by atoms with Gasteiger partial charge in [0.15, 0.2) is 11.6 Å². The number of aryl methyl sites for hydroxylation is 1. The van der Waals surface area contributed by atoms with Gasteiger partial charge in [0.25, 0.3) is 5.91 Å². The zero-order chi connectivity index (χ0) is 16.3. The minimum atomic E-state index is -0.588. The number of hydrogen-bond donors (Lipinski definition) is 3. The quantitative estimate of drug-likeness (QED) is 0.756. The van der Waals surface area contributed by atoms with Crippen molar-refractivity contribution in [1.82, 2.24) is 5.32 Å². The smallest absolute Gasteiger partial charge is 0.251 e. The van der Waals surface area contributed by atoms with E-state index in [4.69, 9.17) is 16.2 Å². The molecule has 0 spiro atoms. The van der Waals surface area contributed by atoms with Gasteiger partial charge in [0.1, 0.15) is 0 Å². The number of carbonyl (C=O) groups excluding carboxylic acids is 1. The maximum absolute atomic E-state index is 13.6. The Morgan fingerprint density at radius 1 is 1.27 bits per heavy atom. The fourth-order valence-electron chi connectivity index (χ4n) is 2.10. The summed E-state index contributed by atoms with van der Waals surface area (Å²) in [7, 11) is 1.36. The molecule has 0 radical (unpaired) electrons. The molecule has 22 heavy (non-hydrogen) atoms. The molecule has 0 aliphatic rings. The van der Waals surface area contributed by atoms with Gasteiger partial charge in [-0.1, -0.05) is 6.07 Å². The minimum absolute atomic E-state index is 0.0903. The van der Waals surface area contributed by atoms with Gasteiger partial charge >= 0.3 is 0 Å². The summed E-state index contributed by atoms with van der Waals surface area (Å²) in [4.78, 5) is 12.1. The first-order valence-corrected chi connectivity index (χ1v) is 6.69. The van der Waals surface area contributed by atoms with Gasteiger partial charge < -0.3 is 21.5 Å². The van der Waals surface area contributed by atoms with E-state index in [1.54, 1.807) is 6.07 Å². The number of anilines is 2. The van der Waals surface area contributed by atoms with Crippen molar-refractivity contribution in [3.05, 3.63) is 52.8 Å². The molecule has 0 heterocycles. The SMILES string of the molecule is COc1ccc(C(=O)NCc2c(C)ccc(N)c2N)cc1F. The molecule has 0 aromatic heterocycles. The van der Waals surface area contributed by atoms with E-state index in [0.29, 0.717) is 11.4 Å². The third kappa shape index (κ3) is 3.11. The third-order valence-electron chi connectivity index (χ3n) is 3.46. The van der Waals surface area contributed by atoms with Crippen LogP contribution in [0.4, 0.5) is 15.8 Å². The molecule has 0 aliphatic carbocycles. The van der Waals surface area contributed by atoms with Crippen LogP contribution in [0.3, 0.4) is 0 Å². The van der Waals surface area contributed by atoms with Crippen molar-refractivity contribution < 1.29 is 13.9 Å². The van der Waals surface area contributed by atoms with Gasteiger partial charge in [0.05, 0.1) is 18.5 Å². The molecule has 0 aliphatic heterocycles. The Morgan fingerprint density at radius 3 is 2.64 bits per heavy atom. The van der Waals surface area contributed by atoms with Gasteiger partial charge in [-0.05, 0) is 42.3 Å². The molecule has 5 nitrogen and oxygen atoms in total. The molecular formula is C16H18FN3O2. The summed E-state index contributed by atoms with van der Waals surface area (Å²) in [5.74, 6) is -0.898. The summed E-state index contributed by atoms with van der Waals surface area (Å²) >= 11 is 0. The van der Waals surface area contributed by atoms with Crippen molar-refractivity contribution in [2.45, 2.75) is 13.5 Å². The van der Waals surface area contributed by atoms with Crippen LogP contribution in [-0.2, 0) is 6.54 Å². The number of halogens is 1. The summed E-state index contributed by atoms with van der Waals surface area (Å²) in [5.41, 5.74) is 14.5. The Morgan fingerprint density at radius 2 is 2.00 bits per heavy atom. The fraction of sp³-hybridized carbons (Fsp3) is 0.188. The zero-order valence-corrected chi connectivity index (χ0v) is 12.4. The number of methoxy groups -OCH3 is 1. The Kier molecular flexibility index (Phi) is 4.50. The van der Waals surface area contributed by atoms with Crippen molar-refractivity contribution in [2.75, 3.05) is 18.6 Å². The van der Waals surface area contributed by atoms with E-state index < -0.39 is 11.7 Å². The highest BCUT2D eigenvalue weighted by Gasteiger charge is 2.12. The number of benzene rings is 2. The number of amides is 1. The molecule has 0 fully saturated rings. The molecule has 2 aromatic carbocycles. The van der Waals surface area contributed by atoms with Crippen LogP contribution in [0.5, 0.6) is 5.75 Å². The normalized spacial score (nSPS) is 10.3. The molecule has 0 saturated heterocycles. The first-order chi connectivity index (χ1) is 10.4. The monoisotopic (exact) mass is 303 g/mol. The molecule has 6 heteroatoms. The highest BCUT2D eigenvalue weighted by Crippen LogP contribution is 2.23. The van der Waals surface area contributed by atoms with Crippen LogP contribution in [0.2, 0.25) is 0 Å². The number of hydrogen-bond acceptors (Lipinski definition) is 4.